The highest BCUT2D eigenvalue weighted by atomic mass is 16.5. The van der Waals surface area contributed by atoms with Crippen molar-refractivity contribution in [3.05, 3.63) is 48.4 Å². The molecule has 0 aliphatic carbocycles. The molecule has 2 aromatic heterocycles. The fraction of sp³-hybridized carbons (Fsp3) is 0.294. The SMILES string of the molecule is COc1ccccc1-c1cc(C(=O)N2CC[C@H](n3ccnn3)C2)[nH]n1. The van der Waals surface area contributed by atoms with E-state index in [9.17, 15) is 4.79 Å². The highest BCUT2D eigenvalue weighted by Gasteiger charge is 2.29. The van der Waals surface area contributed by atoms with E-state index in [4.69, 9.17) is 4.74 Å². The summed E-state index contributed by atoms with van der Waals surface area (Å²) in [4.78, 5) is 14.6. The summed E-state index contributed by atoms with van der Waals surface area (Å²) in [5, 5.41) is 15.0. The van der Waals surface area contributed by atoms with Crippen LogP contribution in [-0.2, 0) is 0 Å². The van der Waals surface area contributed by atoms with Crippen molar-refractivity contribution >= 4 is 5.91 Å². The average Bonchev–Trinajstić information content (AvgIpc) is 3.41. The lowest BCUT2D eigenvalue weighted by atomic mass is 10.1. The van der Waals surface area contributed by atoms with Gasteiger partial charge in [0.15, 0.2) is 0 Å². The number of aromatic nitrogens is 5. The molecule has 0 spiro atoms. The van der Waals surface area contributed by atoms with Crippen molar-refractivity contribution in [3.63, 3.8) is 0 Å². The number of aromatic amines is 1. The van der Waals surface area contributed by atoms with Crippen molar-refractivity contribution in [3.8, 4) is 17.0 Å². The minimum Gasteiger partial charge on any atom is -0.496 e. The second-order valence-electron chi connectivity index (χ2n) is 5.94. The van der Waals surface area contributed by atoms with E-state index in [0.29, 0.717) is 24.5 Å². The summed E-state index contributed by atoms with van der Waals surface area (Å²) in [6.45, 7) is 1.30. The van der Waals surface area contributed by atoms with E-state index in [-0.39, 0.29) is 11.9 Å². The van der Waals surface area contributed by atoms with Crippen LogP contribution in [0.15, 0.2) is 42.7 Å². The number of nitrogens with one attached hydrogen (secondary N) is 1. The van der Waals surface area contributed by atoms with Gasteiger partial charge in [0, 0.05) is 24.8 Å². The van der Waals surface area contributed by atoms with Crippen LogP contribution in [0.2, 0.25) is 0 Å². The molecule has 1 fully saturated rings. The molecule has 1 amide bonds. The first kappa shape index (κ1) is 15.4. The van der Waals surface area contributed by atoms with Crippen LogP contribution in [0.4, 0.5) is 0 Å². The van der Waals surface area contributed by atoms with Crippen LogP contribution in [-0.4, -0.2) is 56.2 Å². The maximum Gasteiger partial charge on any atom is 0.271 e. The number of ether oxygens (including phenoxy) is 1. The quantitative estimate of drug-likeness (QED) is 0.783. The van der Waals surface area contributed by atoms with Gasteiger partial charge in [0.25, 0.3) is 5.91 Å². The normalized spacial score (nSPS) is 17.0. The molecular formula is C17H18N6O2. The Morgan fingerprint density at radius 1 is 1.36 bits per heavy atom. The Balaban J connectivity index is 1.51. The van der Waals surface area contributed by atoms with Gasteiger partial charge in [0.2, 0.25) is 0 Å². The Kier molecular flexibility index (Phi) is 3.93. The number of H-pyrrole nitrogens is 1. The van der Waals surface area contributed by atoms with Crippen molar-refractivity contribution in [1.29, 1.82) is 0 Å². The Bertz CT molecular complexity index is 873. The molecule has 0 bridgehead atoms. The second kappa shape index (κ2) is 6.39. The van der Waals surface area contributed by atoms with Crippen LogP contribution in [0, 0.1) is 0 Å². The van der Waals surface area contributed by atoms with Crippen molar-refractivity contribution in [2.45, 2.75) is 12.5 Å². The minimum absolute atomic E-state index is 0.0590. The van der Waals surface area contributed by atoms with Crippen LogP contribution >= 0.6 is 0 Å². The topological polar surface area (TPSA) is 88.9 Å². The van der Waals surface area contributed by atoms with Gasteiger partial charge in [0.05, 0.1) is 25.0 Å². The second-order valence-corrected chi connectivity index (χ2v) is 5.94. The lowest BCUT2D eigenvalue weighted by molar-refractivity contribution is 0.0781. The third-order valence-electron chi connectivity index (χ3n) is 4.46. The monoisotopic (exact) mass is 338 g/mol. The number of methoxy groups -OCH3 is 1. The van der Waals surface area contributed by atoms with E-state index in [1.165, 1.54) is 0 Å². The summed E-state index contributed by atoms with van der Waals surface area (Å²) in [6, 6.07) is 9.53. The number of nitrogens with zero attached hydrogens (tertiary/aromatic N) is 5. The average molecular weight is 338 g/mol. The first-order valence-electron chi connectivity index (χ1n) is 8.10. The van der Waals surface area contributed by atoms with Crippen molar-refractivity contribution in [2.75, 3.05) is 20.2 Å². The number of carbonyl (C=O) groups excluding carboxylic acids is 1. The van der Waals surface area contributed by atoms with Crippen molar-refractivity contribution in [2.24, 2.45) is 0 Å². The Morgan fingerprint density at radius 3 is 3.04 bits per heavy atom. The van der Waals surface area contributed by atoms with Crippen LogP contribution < -0.4 is 4.74 Å². The number of benzene rings is 1. The van der Waals surface area contributed by atoms with E-state index >= 15 is 0 Å². The molecule has 8 nitrogen and oxygen atoms in total. The predicted molar refractivity (Wildman–Crippen MR) is 90.2 cm³/mol. The van der Waals surface area contributed by atoms with Crippen LogP contribution in [0.1, 0.15) is 23.0 Å². The van der Waals surface area contributed by atoms with Gasteiger partial charge in [0.1, 0.15) is 11.4 Å². The first-order chi connectivity index (χ1) is 12.3. The lowest BCUT2D eigenvalue weighted by Crippen LogP contribution is -2.29. The van der Waals surface area contributed by atoms with Gasteiger partial charge in [-0.3, -0.25) is 9.89 Å². The summed E-state index contributed by atoms with van der Waals surface area (Å²) in [5.41, 5.74) is 2.01. The fourth-order valence-electron chi connectivity index (χ4n) is 3.15. The number of hydrogen-bond acceptors (Lipinski definition) is 5. The molecule has 3 heterocycles. The molecule has 1 N–H and O–H groups in total. The molecular weight excluding hydrogens is 320 g/mol. The highest BCUT2D eigenvalue weighted by molar-refractivity contribution is 5.93. The van der Waals surface area contributed by atoms with Gasteiger partial charge in [-0.1, -0.05) is 17.3 Å². The maximum absolute atomic E-state index is 12.7. The number of amides is 1. The van der Waals surface area contributed by atoms with E-state index in [0.717, 1.165) is 17.7 Å². The Hall–Kier alpha value is -3.16. The minimum atomic E-state index is -0.0590. The number of carbonyl (C=O) groups is 1. The van der Waals surface area contributed by atoms with Gasteiger partial charge in [-0.2, -0.15) is 5.10 Å². The molecule has 128 valence electrons. The van der Waals surface area contributed by atoms with Crippen molar-refractivity contribution in [1.82, 2.24) is 30.1 Å². The molecule has 0 radical (unpaired) electrons. The smallest absolute Gasteiger partial charge is 0.271 e. The Labute approximate surface area is 144 Å². The summed E-state index contributed by atoms with van der Waals surface area (Å²) in [6.07, 6.45) is 4.34. The molecule has 1 aliphatic heterocycles. The fourth-order valence-corrected chi connectivity index (χ4v) is 3.15. The lowest BCUT2D eigenvalue weighted by Gasteiger charge is -2.15. The molecule has 1 atom stereocenters. The predicted octanol–water partition coefficient (Wildman–Crippen LogP) is 1.76. The van der Waals surface area contributed by atoms with Gasteiger partial charge >= 0.3 is 0 Å². The molecule has 1 aromatic carbocycles. The van der Waals surface area contributed by atoms with Crippen LogP contribution in [0.5, 0.6) is 5.75 Å². The van der Waals surface area contributed by atoms with E-state index in [1.807, 2.05) is 35.4 Å². The zero-order chi connectivity index (χ0) is 17.2. The third kappa shape index (κ3) is 2.86. The molecule has 1 saturated heterocycles. The van der Waals surface area contributed by atoms with Gasteiger partial charge in [-0.05, 0) is 24.6 Å². The van der Waals surface area contributed by atoms with E-state index in [2.05, 4.69) is 20.5 Å². The molecule has 3 aromatic rings. The number of likely N-dealkylation sites (tertiary alicyclic amines) is 1. The van der Waals surface area contributed by atoms with Crippen LogP contribution in [0.25, 0.3) is 11.3 Å². The van der Waals surface area contributed by atoms with Crippen LogP contribution in [0.3, 0.4) is 0 Å². The third-order valence-corrected chi connectivity index (χ3v) is 4.46. The van der Waals surface area contributed by atoms with Gasteiger partial charge < -0.3 is 9.64 Å². The first-order valence-corrected chi connectivity index (χ1v) is 8.10. The van der Waals surface area contributed by atoms with Crippen molar-refractivity contribution < 1.29 is 9.53 Å². The van der Waals surface area contributed by atoms with E-state index < -0.39 is 0 Å². The molecule has 0 unspecified atom stereocenters. The summed E-state index contributed by atoms with van der Waals surface area (Å²) in [5.74, 6) is 0.664. The van der Waals surface area contributed by atoms with Gasteiger partial charge in [-0.15, -0.1) is 5.10 Å². The number of hydrogen-bond donors (Lipinski definition) is 1. The standard InChI is InChI=1S/C17H18N6O2/c1-25-16-5-3-2-4-13(16)14-10-15(20-19-14)17(24)22-8-6-12(11-22)23-9-7-18-21-23/h2-5,7,9-10,12H,6,8,11H2,1H3,(H,19,20)/t12-/m0/s1. The Morgan fingerprint density at radius 2 is 2.24 bits per heavy atom. The molecule has 4 rings (SSSR count). The largest absolute Gasteiger partial charge is 0.496 e. The number of rotatable bonds is 4. The molecule has 0 saturated carbocycles. The zero-order valence-corrected chi connectivity index (χ0v) is 13.8. The number of para-hydroxylation sites is 1. The summed E-state index contributed by atoms with van der Waals surface area (Å²) in [7, 11) is 1.62. The molecule has 25 heavy (non-hydrogen) atoms. The van der Waals surface area contributed by atoms with E-state index in [1.54, 1.807) is 24.1 Å². The summed E-state index contributed by atoms with van der Waals surface area (Å²) >= 11 is 0. The molecule has 8 heteroatoms. The summed E-state index contributed by atoms with van der Waals surface area (Å²) < 4.78 is 7.17. The highest BCUT2D eigenvalue weighted by Crippen LogP contribution is 2.29. The molecule has 1 aliphatic rings. The maximum atomic E-state index is 12.7. The zero-order valence-electron chi connectivity index (χ0n) is 13.8. The van der Waals surface area contributed by atoms with Gasteiger partial charge in [-0.25, -0.2) is 4.68 Å².